The first-order chi connectivity index (χ1) is 11.9. The molecule has 0 spiro atoms. The third-order valence-corrected chi connectivity index (χ3v) is 5.29. The summed E-state index contributed by atoms with van der Waals surface area (Å²) in [5.41, 5.74) is 0.0497. The Labute approximate surface area is 149 Å². The van der Waals surface area contributed by atoms with Gasteiger partial charge < -0.3 is 9.80 Å². The van der Waals surface area contributed by atoms with Gasteiger partial charge in [-0.15, -0.1) is 0 Å². The Morgan fingerprint density at radius 3 is 2.40 bits per heavy atom. The summed E-state index contributed by atoms with van der Waals surface area (Å²) in [7, 11) is 0. The van der Waals surface area contributed by atoms with Crippen LogP contribution in [0.2, 0.25) is 5.02 Å². The molecule has 0 N–H and O–H groups in total. The van der Waals surface area contributed by atoms with Crippen LogP contribution in [0, 0.1) is 0 Å². The van der Waals surface area contributed by atoms with Crippen LogP contribution in [0.5, 0.6) is 0 Å². The van der Waals surface area contributed by atoms with Crippen LogP contribution in [0.15, 0.2) is 42.6 Å². The fraction of sp³-hybridized carbons (Fsp3) is 0.389. The van der Waals surface area contributed by atoms with Gasteiger partial charge in [-0.2, -0.15) is 13.2 Å². The second-order valence-corrected chi connectivity index (χ2v) is 6.96. The first kappa shape index (κ1) is 16.5. The van der Waals surface area contributed by atoms with Crippen LogP contribution in [0.1, 0.15) is 18.4 Å². The zero-order valence-corrected chi connectivity index (χ0v) is 14.1. The van der Waals surface area contributed by atoms with E-state index in [2.05, 4.69) is 14.8 Å². The minimum absolute atomic E-state index is 0.167. The summed E-state index contributed by atoms with van der Waals surface area (Å²) < 4.78 is 39.1. The van der Waals surface area contributed by atoms with Gasteiger partial charge >= 0.3 is 6.18 Å². The molecule has 2 aromatic rings. The van der Waals surface area contributed by atoms with Crippen LogP contribution in [-0.4, -0.2) is 30.2 Å². The highest BCUT2D eigenvalue weighted by atomic mass is 35.5. The number of halogens is 4. The first-order valence-corrected chi connectivity index (χ1v) is 8.62. The molecule has 2 unspecified atom stereocenters. The zero-order chi connectivity index (χ0) is 17.6. The number of hydrogen-bond donors (Lipinski definition) is 0. The van der Waals surface area contributed by atoms with Crippen molar-refractivity contribution in [2.24, 2.45) is 0 Å². The smallest absolute Gasteiger partial charge is 0.362 e. The topological polar surface area (TPSA) is 19.4 Å². The summed E-state index contributed by atoms with van der Waals surface area (Å²) in [6, 6.07) is 9.57. The lowest BCUT2D eigenvalue weighted by Gasteiger charge is -2.43. The van der Waals surface area contributed by atoms with Gasteiger partial charge in [0, 0.05) is 37.1 Å². The lowest BCUT2D eigenvalue weighted by atomic mass is 10.1. The summed E-state index contributed by atoms with van der Waals surface area (Å²) in [5, 5.41) is 0.606. The van der Waals surface area contributed by atoms with Crippen molar-refractivity contribution in [3.8, 4) is 0 Å². The van der Waals surface area contributed by atoms with E-state index >= 15 is 0 Å². The monoisotopic (exact) mass is 367 g/mol. The van der Waals surface area contributed by atoms with Gasteiger partial charge in [0.15, 0.2) is 0 Å². The molecular weight excluding hydrogens is 351 g/mol. The average Bonchev–Trinajstić information content (AvgIpc) is 2.85. The van der Waals surface area contributed by atoms with Crippen LogP contribution < -0.4 is 9.80 Å². The number of hydrogen-bond acceptors (Lipinski definition) is 3. The summed E-state index contributed by atoms with van der Waals surface area (Å²) in [5.74, 6) is 0.754. The van der Waals surface area contributed by atoms with E-state index in [0.717, 1.165) is 24.7 Å². The van der Waals surface area contributed by atoms with Crippen molar-refractivity contribution >= 4 is 23.1 Å². The minimum Gasteiger partial charge on any atom is -0.362 e. The molecule has 2 aliphatic heterocycles. The number of aromatic nitrogens is 1. The van der Waals surface area contributed by atoms with E-state index in [9.17, 15) is 13.2 Å². The molecule has 132 valence electrons. The standard InChI is InChI=1S/C18H17ClF3N3/c19-16-5-2-8-23-17(16)24-10-14-6-7-15(11-24)25(14)13-4-1-3-12(9-13)18(20,21)22/h1-5,8-9,14-15H,6-7,10-11H2. The average molecular weight is 368 g/mol. The van der Waals surface area contributed by atoms with Gasteiger partial charge in [0.25, 0.3) is 0 Å². The third-order valence-electron chi connectivity index (χ3n) is 4.99. The van der Waals surface area contributed by atoms with Gasteiger partial charge in [0.1, 0.15) is 5.82 Å². The van der Waals surface area contributed by atoms with Gasteiger partial charge in [-0.05, 0) is 43.2 Å². The Bertz CT molecular complexity index is 766. The number of piperazine rings is 1. The summed E-state index contributed by atoms with van der Waals surface area (Å²) in [6.45, 7) is 1.42. The normalized spacial score (nSPS) is 23.2. The van der Waals surface area contributed by atoms with Crippen LogP contribution in [0.4, 0.5) is 24.7 Å². The SMILES string of the molecule is FC(F)(F)c1cccc(N2C3CCC2CN(c2ncccc2Cl)C3)c1. The van der Waals surface area contributed by atoms with E-state index in [4.69, 9.17) is 11.6 Å². The molecule has 2 fully saturated rings. The van der Waals surface area contributed by atoms with E-state index in [0.29, 0.717) is 23.8 Å². The van der Waals surface area contributed by atoms with E-state index < -0.39 is 11.7 Å². The van der Waals surface area contributed by atoms with Gasteiger partial charge in [0.2, 0.25) is 0 Å². The highest BCUT2D eigenvalue weighted by Crippen LogP contribution is 2.39. The van der Waals surface area contributed by atoms with Gasteiger partial charge in [-0.3, -0.25) is 0 Å². The molecule has 0 aliphatic carbocycles. The van der Waals surface area contributed by atoms with E-state index in [1.54, 1.807) is 18.3 Å². The molecule has 3 heterocycles. The Morgan fingerprint density at radius 2 is 1.76 bits per heavy atom. The summed E-state index contributed by atoms with van der Waals surface area (Å²) in [4.78, 5) is 8.66. The zero-order valence-electron chi connectivity index (χ0n) is 13.4. The molecule has 0 amide bonds. The van der Waals surface area contributed by atoms with Crippen molar-refractivity contribution in [3.05, 3.63) is 53.2 Å². The fourth-order valence-corrected chi connectivity index (χ4v) is 4.19. The number of benzene rings is 1. The van der Waals surface area contributed by atoms with Gasteiger partial charge in [-0.25, -0.2) is 4.98 Å². The Morgan fingerprint density at radius 1 is 1.04 bits per heavy atom. The number of rotatable bonds is 2. The lowest BCUT2D eigenvalue weighted by Crippen LogP contribution is -2.54. The molecule has 3 nitrogen and oxygen atoms in total. The number of pyridine rings is 1. The number of anilines is 2. The molecule has 2 aliphatic rings. The van der Waals surface area contributed by atoms with Crippen LogP contribution in [0.25, 0.3) is 0 Å². The molecule has 2 atom stereocenters. The molecule has 25 heavy (non-hydrogen) atoms. The summed E-state index contributed by atoms with van der Waals surface area (Å²) in [6.07, 6.45) is -0.690. The maximum atomic E-state index is 13.0. The van der Waals surface area contributed by atoms with Crippen molar-refractivity contribution in [2.75, 3.05) is 22.9 Å². The molecule has 0 saturated carbocycles. The van der Waals surface area contributed by atoms with Crippen LogP contribution in [0.3, 0.4) is 0 Å². The Balaban J connectivity index is 1.60. The predicted molar refractivity (Wildman–Crippen MR) is 92.2 cm³/mol. The molecular formula is C18H17ClF3N3. The maximum absolute atomic E-state index is 13.0. The lowest BCUT2D eigenvalue weighted by molar-refractivity contribution is -0.137. The van der Waals surface area contributed by atoms with Crippen LogP contribution >= 0.6 is 11.6 Å². The van der Waals surface area contributed by atoms with Crippen molar-refractivity contribution in [1.29, 1.82) is 0 Å². The third kappa shape index (κ3) is 3.03. The molecule has 1 aromatic carbocycles. The van der Waals surface area contributed by atoms with E-state index in [-0.39, 0.29) is 12.1 Å². The van der Waals surface area contributed by atoms with Gasteiger partial charge in [0.05, 0.1) is 10.6 Å². The molecule has 2 bridgehead atoms. The largest absolute Gasteiger partial charge is 0.416 e. The number of alkyl halides is 3. The van der Waals surface area contributed by atoms with Crippen molar-refractivity contribution in [3.63, 3.8) is 0 Å². The second-order valence-electron chi connectivity index (χ2n) is 6.55. The van der Waals surface area contributed by atoms with Gasteiger partial charge in [-0.1, -0.05) is 17.7 Å². The Kier molecular flexibility index (Phi) is 4.02. The molecule has 0 radical (unpaired) electrons. The van der Waals surface area contributed by atoms with Crippen molar-refractivity contribution < 1.29 is 13.2 Å². The summed E-state index contributed by atoms with van der Waals surface area (Å²) >= 11 is 6.25. The Hall–Kier alpha value is -1.95. The van der Waals surface area contributed by atoms with E-state index in [1.165, 1.54) is 12.1 Å². The number of nitrogens with zero attached hydrogens (tertiary/aromatic N) is 3. The van der Waals surface area contributed by atoms with Crippen molar-refractivity contribution in [1.82, 2.24) is 4.98 Å². The maximum Gasteiger partial charge on any atom is 0.416 e. The fourth-order valence-electron chi connectivity index (χ4n) is 3.95. The predicted octanol–water partition coefficient (Wildman–Crippen LogP) is 4.61. The highest BCUT2D eigenvalue weighted by Gasteiger charge is 2.41. The van der Waals surface area contributed by atoms with Crippen molar-refractivity contribution in [2.45, 2.75) is 31.1 Å². The van der Waals surface area contributed by atoms with E-state index in [1.807, 2.05) is 6.07 Å². The number of fused-ring (bicyclic) bond motifs is 2. The van der Waals surface area contributed by atoms with Crippen LogP contribution in [-0.2, 0) is 6.18 Å². The molecule has 2 saturated heterocycles. The first-order valence-electron chi connectivity index (χ1n) is 8.24. The highest BCUT2D eigenvalue weighted by molar-refractivity contribution is 6.32. The minimum atomic E-state index is -4.32. The molecule has 4 rings (SSSR count). The molecule has 1 aromatic heterocycles. The second kappa shape index (κ2) is 6.09. The molecule has 7 heteroatoms. The quantitative estimate of drug-likeness (QED) is 0.772.